The second-order valence-corrected chi connectivity index (χ2v) is 8.70. The minimum Gasteiger partial charge on any atom is -0.257 e. The molecule has 0 aliphatic rings. The van der Waals surface area contributed by atoms with E-state index in [1.807, 2.05) is 12.3 Å². The molecule has 1 nitrogen and oxygen atoms in total. The average Bonchev–Trinajstić information content (AvgIpc) is 2.49. The molecule has 1 atom stereocenters. The summed E-state index contributed by atoms with van der Waals surface area (Å²) in [6.07, 6.45) is 9.36. The number of hydrogen-bond acceptors (Lipinski definition) is 1. The number of aromatic nitrogens is 1. The van der Waals surface area contributed by atoms with Gasteiger partial charge in [0.15, 0.2) is 0 Å². The highest BCUT2D eigenvalue weighted by Crippen LogP contribution is 2.34. The maximum atomic E-state index is 4.70. The Morgan fingerprint density at radius 2 is 1.83 bits per heavy atom. The van der Waals surface area contributed by atoms with Gasteiger partial charge in [-0.25, -0.2) is 0 Å². The Morgan fingerprint density at radius 1 is 1.21 bits per heavy atom. The number of pyridine rings is 1. The Morgan fingerprint density at radius 3 is 2.29 bits per heavy atom. The minimum absolute atomic E-state index is 0.0779. The van der Waals surface area contributed by atoms with Crippen LogP contribution >= 0.6 is 0 Å². The predicted molar refractivity (Wildman–Crippen MR) is 108 cm³/mol. The molecule has 1 rings (SSSR count). The first-order valence-corrected chi connectivity index (χ1v) is 9.02. The van der Waals surface area contributed by atoms with Crippen molar-refractivity contribution < 1.29 is 0 Å². The van der Waals surface area contributed by atoms with Gasteiger partial charge in [0.05, 0.1) is 5.69 Å². The zero-order valence-corrected chi connectivity index (χ0v) is 16.9. The summed E-state index contributed by atoms with van der Waals surface area (Å²) in [5, 5.41) is 0. The monoisotopic (exact) mass is 325 g/mol. The first-order valence-electron chi connectivity index (χ1n) is 9.02. The minimum atomic E-state index is 0.0779. The molecule has 0 aliphatic heterocycles. The molecular weight excluding hydrogens is 290 g/mol. The van der Waals surface area contributed by atoms with Crippen LogP contribution in [0.4, 0.5) is 0 Å². The fourth-order valence-electron chi connectivity index (χ4n) is 2.55. The molecule has 1 aromatic heterocycles. The van der Waals surface area contributed by atoms with E-state index in [1.54, 1.807) is 0 Å². The highest BCUT2D eigenvalue weighted by molar-refractivity contribution is 5.68. The lowest BCUT2D eigenvalue weighted by atomic mass is 9.81. The Balaban J connectivity index is 3.51. The third-order valence-corrected chi connectivity index (χ3v) is 4.54. The molecule has 0 aliphatic carbocycles. The molecule has 1 heterocycles. The van der Waals surface area contributed by atoms with Crippen LogP contribution in [0.1, 0.15) is 73.1 Å². The van der Waals surface area contributed by atoms with Gasteiger partial charge >= 0.3 is 0 Å². The van der Waals surface area contributed by atoms with Crippen LogP contribution in [-0.4, -0.2) is 4.98 Å². The summed E-state index contributed by atoms with van der Waals surface area (Å²) in [6, 6.07) is 4.38. The lowest BCUT2D eigenvalue weighted by Gasteiger charge is -2.24. The molecule has 0 saturated heterocycles. The van der Waals surface area contributed by atoms with Gasteiger partial charge in [-0.2, -0.15) is 0 Å². The predicted octanol–water partition coefficient (Wildman–Crippen LogP) is 6.97. The van der Waals surface area contributed by atoms with Crippen LogP contribution in [0.5, 0.6) is 0 Å². The third-order valence-electron chi connectivity index (χ3n) is 4.54. The van der Waals surface area contributed by atoms with Crippen molar-refractivity contribution in [2.75, 3.05) is 0 Å². The normalized spacial score (nSPS) is 15.3. The van der Waals surface area contributed by atoms with Gasteiger partial charge in [-0.15, -0.1) is 0 Å². The highest BCUT2D eigenvalue weighted by Gasteiger charge is 2.20. The molecule has 0 amide bonds. The molecule has 0 spiro atoms. The van der Waals surface area contributed by atoms with Crippen LogP contribution < -0.4 is 0 Å². The van der Waals surface area contributed by atoms with E-state index in [2.05, 4.69) is 86.3 Å². The van der Waals surface area contributed by atoms with Gasteiger partial charge in [0.25, 0.3) is 0 Å². The number of rotatable bonds is 5. The number of hydrogen-bond donors (Lipinski definition) is 0. The van der Waals surface area contributed by atoms with Gasteiger partial charge in [-0.1, -0.05) is 80.2 Å². The first-order chi connectivity index (χ1) is 11.0. The van der Waals surface area contributed by atoms with Crippen LogP contribution in [-0.2, 0) is 5.41 Å². The Bertz CT molecular complexity index is 618. The topological polar surface area (TPSA) is 12.9 Å². The van der Waals surface area contributed by atoms with Crippen LogP contribution in [0.2, 0.25) is 0 Å². The van der Waals surface area contributed by atoms with Crippen molar-refractivity contribution in [3.8, 4) is 0 Å². The van der Waals surface area contributed by atoms with Crippen molar-refractivity contribution >= 4 is 5.57 Å². The fraction of sp³-hybridized carbons (Fsp3) is 0.522. The molecule has 0 saturated carbocycles. The van der Waals surface area contributed by atoms with Gasteiger partial charge in [-0.3, -0.25) is 4.98 Å². The smallest absolute Gasteiger partial charge is 0.0667 e. The van der Waals surface area contributed by atoms with Crippen molar-refractivity contribution in [3.05, 3.63) is 60.0 Å². The standard InChI is InChI=1S/C23H35N/c1-10-12-18(22(4,5)6)15-20(17(3)11-2)21-16-19(13-14-24-21)23(7,8)9/h10,12-17H,1,11H2,2-9H3/b18-12+,20-15+. The van der Waals surface area contributed by atoms with Crippen molar-refractivity contribution in [2.24, 2.45) is 11.3 Å². The molecule has 0 bridgehead atoms. The van der Waals surface area contributed by atoms with E-state index in [0.717, 1.165) is 12.1 Å². The molecule has 1 unspecified atom stereocenters. The van der Waals surface area contributed by atoms with E-state index >= 15 is 0 Å². The molecule has 0 fully saturated rings. The van der Waals surface area contributed by atoms with E-state index in [1.165, 1.54) is 16.7 Å². The maximum Gasteiger partial charge on any atom is 0.0667 e. The van der Waals surface area contributed by atoms with Crippen molar-refractivity contribution in [1.82, 2.24) is 4.98 Å². The van der Waals surface area contributed by atoms with Gasteiger partial charge < -0.3 is 0 Å². The quantitative estimate of drug-likeness (QED) is 0.533. The van der Waals surface area contributed by atoms with E-state index < -0.39 is 0 Å². The fourth-order valence-corrected chi connectivity index (χ4v) is 2.55. The summed E-state index contributed by atoms with van der Waals surface area (Å²) in [5.74, 6) is 0.461. The Labute approximate surface area is 149 Å². The van der Waals surface area contributed by atoms with Gasteiger partial charge in [-0.05, 0) is 52.0 Å². The summed E-state index contributed by atoms with van der Waals surface area (Å²) in [6.45, 7) is 21.9. The van der Waals surface area contributed by atoms with Crippen LogP contribution in [0.25, 0.3) is 5.57 Å². The average molecular weight is 326 g/mol. The molecular formula is C23H35N. The van der Waals surface area contributed by atoms with Gasteiger partial charge in [0.2, 0.25) is 0 Å². The second kappa shape index (κ2) is 7.96. The lowest BCUT2D eigenvalue weighted by molar-refractivity contribution is 0.516. The van der Waals surface area contributed by atoms with E-state index in [4.69, 9.17) is 4.98 Å². The molecule has 132 valence electrons. The second-order valence-electron chi connectivity index (χ2n) is 8.70. The Kier molecular flexibility index (Phi) is 6.77. The van der Waals surface area contributed by atoms with Crippen molar-refractivity contribution in [3.63, 3.8) is 0 Å². The van der Waals surface area contributed by atoms with Crippen molar-refractivity contribution in [1.29, 1.82) is 0 Å². The summed E-state index contributed by atoms with van der Waals surface area (Å²) in [7, 11) is 0. The maximum absolute atomic E-state index is 4.70. The third kappa shape index (κ3) is 5.47. The van der Waals surface area contributed by atoms with E-state index in [-0.39, 0.29) is 10.8 Å². The van der Waals surface area contributed by atoms with E-state index in [0.29, 0.717) is 5.92 Å². The lowest BCUT2D eigenvalue weighted by Crippen LogP contribution is -2.13. The summed E-state index contributed by atoms with van der Waals surface area (Å²) in [4.78, 5) is 4.70. The number of allylic oxidation sites excluding steroid dienone is 5. The van der Waals surface area contributed by atoms with E-state index in [9.17, 15) is 0 Å². The molecule has 24 heavy (non-hydrogen) atoms. The van der Waals surface area contributed by atoms with Crippen molar-refractivity contribution in [2.45, 2.75) is 67.2 Å². The highest BCUT2D eigenvalue weighted by atomic mass is 14.7. The largest absolute Gasteiger partial charge is 0.257 e. The molecule has 0 aromatic carbocycles. The van der Waals surface area contributed by atoms with Gasteiger partial charge in [0, 0.05) is 6.20 Å². The first kappa shape index (κ1) is 20.4. The molecule has 1 heteroatoms. The number of nitrogens with zero attached hydrogens (tertiary/aromatic N) is 1. The van der Waals surface area contributed by atoms with Crippen LogP contribution in [0, 0.1) is 11.3 Å². The summed E-state index contributed by atoms with van der Waals surface area (Å²) < 4.78 is 0. The Hall–Kier alpha value is -1.63. The molecule has 1 aromatic rings. The van der Waals surface area contributed by atoms with Crippen LogP contribution in [0.3, 0.4) is 0 Å². The summed E-state index contributed by atoms with van der Waals surface area (Å²) in [5.41, 5.74) is 5.22. The van der Waals surface area contributed by atoms with Gasteiger partial charge in [0.1, 0.15) is 0 Å². The van der Waals surface area contributed by atoms with Crippen LogP contribution in [0.15, 0.2) is 48.7 Å². The molecule has 0 N–H and O–H groups in total. The SMILES string of the molecule is C=C/C=C(\C=C(\c1cc(C(C)(C)C)ccn1)C(C)CC)C(C)(C)C. The zero-order chi connectivity index (χ0) is 18.5. The zero-order valence-electron chi connectivity index (χ0n) is 16.9. The molecule has 0 radical (unpaired) electrons. The summed E-state index contributed by atoms with van der Waals surface area (Å²) >= 11 is 0.